The lowest BCUT2D eigenvalue weighted by molar-refractivity contribution is -0.0355. The third-order valence-corrected chi connectivity index (χ3v) is 8.63. The van der Waals surface area contributed by atoms with Gasteiger partial charge in [0.2, 0.25) is 0 Å². The summed E-state index contributed by atoms with van der Waals surface area (Å²) in [4.78, 5) is 2.57. The maximum absolute atomic E-state index is 11.9. The summed E-state index contributed by atoms with van der Waals surface area (Å²) in [6.07, 6.45) is 4.31. The summed E-state index contributed by atoms with van der Waals surface area (Å²) in [6.45, 7) is 10.8. The summed E-state index contributed by atoms with van der Waals surface area (Å²) in [5.41, 5.74) is 4.60. The van der Waals surface area contributed by atoms with Crippen molar-refractivity contribution in [2.24, 2.45) is 0 Å². The van der Waals surface area contributed by atoms with E-state index in [1.807, 2.05) is 24.3 Å². The summed E-state index contributed by atoms with van der Waals surface area (Å²) in [5.74, 6) is 1.32. The smallest absolute Gasteiger partial charge is 0.154 e. The quantitative estimate of drug-likeness (QED) is 0.650. The van der Waals surface area contributed by atoms with Gasteiger partial charge in [-0.25, -0.2) is 8.42 Å². The minimum Gasteiger partial charge on any atom is -0.487 e. The van der Waals surface area contributed by atoms with Crippen LogP contribution in [0.25, 0.3) is 11.1 Å². The van der Waals surface area contributed by atoms with Gasteiger partial charge in [0.25, 0.3) is 0 Å². The van der Waals surface area contributed by atoms with Crippen LogP contribution in [0.4, 0.5) is 0 Å². The maximum atomic E-state index is 11.9. The molecule has 0 unspecified atom stereocenters. The van der Waals surface area contributed by atoms with Crippen LogP contribution in [0.3, 0.4) is 0 Å². The molecule has 0 bridgehead atoms. The largest absolute Gasteiger partial charge is 0.487 e. The Bertz CT molecular complexity index is 1030. The fourth-order valence-electron chi connectivity index (χ4n) is 4.79. The zero-order valence-electron chi connectivity index (χ0n) is 19.3. The van der Waals surface area contributed by atoms with Crippen LogP contribution in [0.5, 0.6) is 5.75 Å². The van der Waals surface area contributed by atoms with Gasteiger partial charge in [0, 0.05) is 24.4 Å². The average Bonchev–Trinajstić information content (AvgIpc) is 2.73. The van der Waals surface area contributed by atoms with Gasteiger partial charge in [-0.1, -0.05) is 37.3 Å². The third-order valence-electron chi connectivity index (χ3n) is 6.97. The molecule has 2 aliphatic heterocycles. The molecule has 2 heterocycles. The SMILES string of the molecule is CCS(=O)(=O)Cc1ccc(-c2ccc3c(c2)CCC2(CCN(C(C)(C)C)CC2)O3)cc1. The molecule has 2 aliphatic rings. The van der Waals surface area contributed by atoms with E-state index in [9.17, 15) is 8.42 Å². The van der Waals surface area contributed by atoms with Crippen LogP contribution >= 0.6 is 0 Å². The van der Waals surface area contributed by atoms with Crippen LogP contribution in [-0.2, 0) is 22.0 Å². The van der Waals surface area contributed by atoms with Crippen molar-refractivity contribution in [1.29, 1.82) is 0 Å². The monoisotopic (exact) mass is 441 g/mol. The molecule has 1 spiro atoms. The number of hydrogen-bond acceptors (Lipinski definition) is 4. The van der Waals surface area contributed by atoms with Crippen molar-refractivity contribution in [3.8, 4) is 16.9 Å². The number of rotatable bonds is 4. The molecule has 168 valence electrons. The number of sulfone groups is 1. The molecule has 0 radical (unpaired) electrons. The summed E-state index contributed by atoms with van der Waals surface area (Å²) in [7, 11) is -3.01. The number of benzene rings is 2. The van der Waals surface area contributed by atoms with Crippen molar-refractivity contribution in [2.45, 2.75) is 70.3 Å². The predicted octanol–water partition coefficient (Wildman–Crippen LogP) is 5.25. The summed E-state index contributed by atoms with van der Waals surface area (Å²) in [5, 5.41) is 0. The van der Waals surface area contributed by atoms with Gasteiger partial charge in [0.05, 0.1) is 5.75 Å². The first-order valence-electron chi connectivity index (χ1n) is 11.5. The van der Waals surface area contributed by atoms with E-state index in [4.69, 9.17) is 4.74 Å². The lowest BCUT2D eigenvalue weighted by Gasteiger charge is -2.48. The van der Waals surface area contributed by atoms with Gasteiger partial charge in [0.15, 0.2) is 9.84 Å². The van der Waals surface area contributed by atoms with E-state index in [0.717, 1.165) is 61.2 Å². The second-order valence-corrected chi connectivity index (χ2v) is 12.5. The molecule has 1 saturated heterocycles. The number of aryl methyl sites for hydroxylation is 1. The first kappa shape index (κ1) is 22.3. The van der Waals surface area contributed by atoms with E-state index in [1.165, 1.54) is 5.56 Å². The van der Waals surface area contributed by atoms with Crippen LogP contribution in [0.15, 0.2) is 42.5 Å². The number of nitrogens with zero attached hydrogens (tertiary/aromatic N) is 1. The summed E-state index contributed by atoms with van der Waals surface area (Å²) >= 11 is 0. The molecule has 4 nitrogen and oxygen atoms in total. The molecule has 0 amide bonds. The highest BCUT2D eigenvalue weighted by Gasteiger charge is 2.41. The highest BCUT2D eigenvalue weighted by atomic mass is 32.2. The number of hydrogen-bond donors (Lipinski definition) is 0. The molecule has 31 heavy (non-hydrogen) atoms. The van der Waals surface area contributed by atoms with Crippen LogP contribution < -0.4 is 4.74 Å². The normalized spacial score (nSPS) is 19.1. The standard InChI is InChI=1S/C26H35NO3S/c1-5-31(28,29)19-20-6-8-21(9-7-20)22-10-11-24-23(18-22)12-13-26(30-24)14-16-27(17-15-26)25(2,3)4/h6-11,18H,5,12-17,19H2,1-4H3. The molecule has 0 N–H and O–H groups in total. The van der Waals surface area contributed by atoms with Gasteiger partial charge in [-0.3, -0.25) is 4.90 Å². The maximum Gasteiger partial charge on any atom is 0.154 e. The van der Waals surface area contributed by atoms with E-state index in [0.29, 0.717) is 0 Å². The highest BCUT2D eigenvalue weighted by Crippen LogP contribution is 2.41. The third kappa shape index (κ3) is 4.98. The Hall–Kier alpha value is -1.85. The number of fused-ring (bicyclic) bond motifs is 1. The molecule has 0 aromatic heterocycles. The second kappa shape index (κ2) is 8.25. The molecule has 5 heteroatoms. The Morgan fingerprint density at radius 3 is 2.23 bits per heavy atom. The molecule has 4 rings (SSSR count). The number of likely N-dealkylation sites (tertiary alicyclic amines) is 1. The van der Waals surface area contributed by atoms with E-state index >= 15 is 0 Å². The van der Waals surface area contributed by atoms with E-state index in [1.54, 1.807) is 6.92 Å². The summed E-state index contributed by atoms with van der Waals surface area (Å²) in [6, 6.07) is 14.4. The van der Waals surface area contributed by atoms with Crippen LogP contribution in [-0.4, -0.2) is 43.3 Å². The van der Waals surface area contributed by atoms with Crippen molar-refractivity contribution < 1.29 is 13.2 Å². The van der Waals surface area contributed by atoms with Gasteiger partial charge < -0.3 is 4.74 Å². The molecule has 0 saturated carbocycles. The van der Waals surface area contributed by atoms with Crippen LogP contribution in [0, 0.1) is 0 Å². The van der Waals surface area contributed by atoms with Gasteiger partial charge in [-0.2, -0.15) is 0 Å². The Morgan fingerprint density at radius 2 is 1.61 bits per heavy atom. The van der Waals surface area contributed by atoms with Crippen molar-refractivity contribution in [3.63, 3.8) is 0 Å². The van der Waals surface area contributed by atoms with Gasteiger partial charge >= 0.3 is 0 Å². The van der Waals surface area contributed by atoms with Crippen LogP contribution in [0.1, 0.15) is 58.1 Å². The lowest BCUT2D eigenvalue weighted by Crippen LogP contribution is -2.54. The topological polar surface area (TPSA) is 46.6 Å². The first-order valence-corrected chi connectivity index (χ1v) is 13.3. The molecular formula is C26H35NO3S. The second-order valence-electron chi connectivity index (χ2n) is 10.1. The molecule has 1 fully saturated rings. The fraction of sp³-hybridized carbons (Fsp3) is 0.538. The van der Waals surface area contributed by atoms with Gasteiger partial charge in [-0.05, 0) is 80.8 Å². The molecule has 0 aliphatic carbocycles. The predicted molar refractivity (Wildman–Crippen MR) is 127 cm³/mol. The molecule has 0 atom stereocenters. The van der Waals surface area contributed by atoms with Crippen LogP contribution in [0.2, 0.25) is 0 Å². The Balaban J connectivity index is 1.46. The zero-order chi connectivity index (χ0) is 22.3. The highest BCUT2D eigenvalue weighted by molar-refractivity contribution is 7.90. The Morgan fingerprint density at radius 1 is 0.968 bits per heavy atom. The lowest BCUT2D eigenvalue weighted by atomic mass is 9.81. The van der Waals surface area contributed by atoms with E-state index in [-0.39, 0.29) is 22.6 Å². The molecular weight excluding hydrogens is 406 g/mol. The Labute approximate surface area is 187 Å². The van der Waals surface area contributed by atoms with Crippen molar-refractivity contribution in [1.82, 2.24) is 4.90 Å². The Kier molecular flexibility index (Phi) is 5.95. The number of piperidine rings is 1. The fourth-order valence-corrected chi connectivity index (χ4v) is 5.69. The van der Waals surface area contributed by atoms with Crippen molar-refractivity contribution in [2.75, 3.05) is 18.8 Å². The van der Waals surface area contributed by atoms with E-state index in [2.05, 4.69) is 43.9 Å². The van der Waals surface area contributed by atoms with E-state index < -0.39 is 9.84 Å². The molecule has 2 aromatic carbocycles. The average molecular weight is 442 g/mol. The zero-order valence-corrected chi connectivity index (χ0v) is 20.1. The summed E-state index contributed by atoms with van der Waals surface area (Å²) < 4.78 is 30.3. The van der Waals surface area contributed by atoms with Crippen molar-refractivity contribution in [3.05, 3.63) is 53.6 Å². The van der Waals surface area contributed by atoms with Gasteiger partial charge in [-0.15, -0.1) is 0 Å². The first-order chi connectivity index (χ1) is 14.6. The minimum absolute atomic E-state index is 0.0112. The van der Waals surface area contributed by atoms with Crippen molar-refractivity contribution >= 4 is 9.84 Å². The molecule has 2 aromatic rings. The number of ether oxygens (including phenoxy) is 1. The van der Waals surface area contributed by atoms with Gasteiger partial charge in [0.1, 0.15) is 11.4 Å². The minimum atomic E-state index is -3.01.